The number of H-pyrrole nitrogens is 1. The van der Waals surface area contributed by atoms with Crippen LogP contribution >= 0.6 is 15.9 Å². The smallest absolute Gasteiger partial charge is 0.244 e. The van der Waals surface area contributed by atoms with Gasteiger partial charge < -0.3 is 9.64 Å². The summed E-state index contributed by atoms with van der Waals surface area (Å²) in [5.41, 5.74) is 0.957. The van der Waals surface area contributed by atoms with Crippen molar-refractivity contribution in [3.05, 3.63) is 22.7 Å². The number of hydrogen-bond acceptors (Lipinski definition) is 4. The fourth-order valence-corrected chi connectivity index (χ4v) is 1.94. The van der Waals surface area contributed by atoms with E-state index in [1.165, 1.54) is 0 Å². The Labute approximate surface area is 108 Å². The lowest BCUT2D eigenvalue weighted by molar-refractivity contribution is 0.412. The van der Waals surface area contributed by atoms with Gasteiger partial charge in [0.15, 0.2) is 5.82 Å². The molecule has 0 fully saturated rings. The largest absolute Gasteiger partial charge is 0.496 e. The first kappa shape index (κ1) is 11.9. The Morgan fingerprint density at radius 3 is 2.65 bits per heavy atom. The van der Waals surface area contributed by atoms with Crippen molar-refractivity contribution in [3.63, 3.8) is 0 Å². The summed E-state index contributed by atoms with van der Waals surface area (Å²) in [4.78, 5) is 6.22. The van der Waals surface area contributed by atoms with Crippen LogP contribution in [0.5, 0.6) is 5.75 Å². The normalized spacial score (nSPS) is 10.4. The number of aromatic amines is 1. The summed E-state index contributed by atoms with van der Waals surface area (Å²) in [6, 6.07) is 5.76. The third kappa shape index (κ3) is 2.41. The highest BCUT2D eigenvalue weighted by molar-refractivity contribution is 9.10. The molecule has 2 rings (SSSR count). The van der Waals surface area contributed by atoms with Crippen LogP contribution in [0.3, 0.4) is 0 Å². The number of benzene rings is 1. The van der Waals surface area contributed by atoms with Crippen LogP contribution in [0.1, 0.15) is 0 Å². The minimum atomic E-state index is 0.659. The van der Waals surface area contributed by atoms with Crippen LogP contribution in [-0.4, -0.2) is 36.4 Å². The fraction of sp³-hybridized carbons (Fsp3) is 0.273. The van der Waals surface area contributed by atoms with E-state index in [0.29, 0.717) is 5.95 Å². The average molecular weight is 297 g/mol. The Hall–Kier alpha value is -1.56. The van der Waals surface area contributed by atoms with E-state index >= 15 is 0 Å². The first-order valence-electron chi connectivity index (χ1n) is 5.05. The van der Waals surface area contributed by atoms with Crippen LogP contribution in [0, 0.1) is 0 Å². The molecule has 6 heteroatoms. The van der Waals surface area contributed by atoms with E-state index in [1.807, 2.05) is 37.2 Å². The van der Waals surface area contributed by atoms with E-state index in [-0.39, 0.29) is 0 Å². The molecule has 17 heavy (non-hydrogen) atoms. The van der Waals surface area contributed by atoms with Crippen molar-refractivity contribution in [2.45, 2.75) is 0 Å². The number of nitrogens with zero attached hydrogens (tertiary/aromatic N) is 3. The number of anilines is 1. The number of nitrogens with one attached hydrogen (secondary N) is 1. The van der Waals surface area contributed by atoms with Gasteiger partial charge in [-0.15, -0.1) is 5.10 Å². The lowest BCUT2D eigenvalue weighted by atomic mass is 10.2. The van der Waals surface area contributed by atoms with Gasteiger partial charge in [0, 0.05) is 19.7 Å². The molecule has 0 saturated heterocycles. The molecular formula is C11H13BrN4O. The molecule has 1 heterocycles. The van der Waals surface area contributed by atoms with Crippen LogP contribution in [0.15, 0.2) is 22.7 Å². The van der Waals surface area contributed by atoms with Crippen LogP contribution in [-0.2, 0) is 0 Å². The Morgan fingerprint density at radius 1 is 1.35 bits per heavy atom. The number of halogens is 1. The minimum absolute atomic E-state index is 0.659. The molecule has 1 aromatic heterocycles. The number of ether oxygens (including phenoxy) is 1. The second-order valence-corrected chi connectivity index (χ2v) is 4.58. The summed E-state index contributed by atoms with van der Waals surface area (Å²) in [6.45, 7) is 0. The van der Waals surface area contributed by atoms with Crippen molar-refractivity contribution < 1.29 is 4.74 Å². The molecule has 0 aliphatic rings. The average Bonchev–Trinajstić information content (AvgIpc) is 2.78. The van der Waals surface area contributed by atoms with E-state index in [0.717, 1.165) is 21.6 Å². The summed E-state index contributed by atoms with van der Waals surface area (Å²) < 4.78 is 6.07. The molecule has 1 N–H and O–H groups in total. The third-order valence-electron chi connectivity index (χ3n) is 2.30. The number of aromatic nitrogens is 3. The third-order valence-corrected chi connectivity index (χ3v) is 2.92. The van der Waals surface area contributed by atoms with Crippen molar-refractivity contribution in [2.75, 3.05) is 26.1 Å². The predicted molar refractivity (Wildman–Crippen MR) is 70.4 cm³/mol. The van der Waals surface area contributed by atoms with E-state index in [9.17, 15) is 0 Å². The van der Waals surface area contributed by atoms with Crippen molar-refractivity contribution in [2.24, 2.45) is 0 Å². The molecule has 0 aliphatic carbocycles. The summed E-state index contributed by atoms with van der Waals surface area (Å²) in [6.07, 6.45) is 0. The highest BCUT2D eigenvalue weighted by atomic mass is 79.9. The molecule has 0 amide bonds. The van der Waals surface area contributed by atoms with Gasteiger partial charge in [0.1, 0.15) is 5.75 Å². The molecule has 0 spiro atoms. The minimum Gasteiger partial charge on any atom is -0.496 e. The second-order valence-electron chi connectivity index (χ2n) is 3.73. The zero-order valence-corrected chi connectivity index (χ0v) is 11.4. The summed E-state index contributed by atoms with van der Waals surface area (Å²) in [7, 11) is 5.44. The topological polar surface area (TPSA) is 54.0 Å². The van der Waals surface area contributed by atoms with Gasteiger partial charge in [0.25, 0.3) is 0 Å². The Morgan fingerprint density at radius 2 is 2.12 bits per heavy atom. The SMILES string of the molecule is COc1ccc(-c2nc(N(C)C)n[nH]2)cc1Br. The van der Waals surface area contributed by atoms with Gasteiger partial charge in [-0.3, -0.25) is 5.10 Å². The van der Waals surface area contributed by atoms with Gasteiger partial charge in [-0.05, 0) is 34.1 Å². The van der Waals surface area contributed by atoms with E-state index < -0.39 is 0 Å². The van der Waals surface area contributed by atoms with Gasteiger partial charge >= 0.3 is 0 Å². The fourth-order valence-electron chi connectivity index (χ4n) is 1.40. The summed E-state index contributed by atoms with van der Waals surface area (Å²) >= 11 is 3.44. The Bertz CT molecular complexity index is 524. The molecule has 0 aliphatic heterocycles. The summed E-state index contributed by atoms with van der Waals surface area (Å²) in [5.74, 6) is 2.19. The van der Waals surface area contributed by atoms with Crippen molar-refractivity contribution in [3.8, 4) is 17.1 Å². The maximum atomic E-state index is 5.18. The highest BCUT2D eigenvalue weighted by Crippen LogP contribution is 2.29. The number of methoxy groups -OCH3 is 1. The molecule has 2 aromatic rings. The number of rotatable bonds is 3. The lowest BCUT2D eigenvalue weighted by Crippen LogP contribution is -2.10. The first-order chi connectivity index (χ1) is 8.11. The highest BCUT2D eigenvalue weighted by Gasteiger charge is 2.09. The molecular weight excluding hydrogens is 284 g/mol. The van der Waals surface area contributed by atoms with Gasteiger partial charge in [0.05, 0.1) is 11.6 Å². The molecule has 0 unspecified atom stereocenters. The van der Waals surface area contributed by atoms with Crippen molar-refractivity contribution >= 4 is 21.9 Å². The maximum Gasteiger partial charge on any atom is 0.244 e. The van der Waals surface area contributed by atoms with Crippen LogP contribution in [0.4, 0.5) is 5.95 Å². The van der Waals surface area contributed by atoms with Gasteiger partial charge in [-0.1, -0.05) is 0 Å². The van der Waals surface area contributed by atoms with Gasteiger partial charge in [-0.25, -0.2) is 0 Å². The molecule has 0 bridgehead atoms. The van der Waals surface area contributed by atoms with Crippen LogP contribution in [0.2, 0.25) is 0 Å². The van der Waals surface area contributed by atoms with E-state index in [1.54, 1.807) is 7.11 Å². The zero-order chi connectivity index (χ0) is 12.4. The molecule has 90 valence electrons. The van der Waals surface area contributed by atoms with E-state index in [4.69, 9.17) is 4.74 Å². The molecule has 5 nitrogen and oxygen atoms in total. The van der Waals surface area contributed by atoms with Crippen molar-refractivity contribution in [1.82, 2.24) is 15.2 Å². The molecule has 0 atom stereocenters. The monoisotopic (exact) mass is 296 g/mol. The first-order valence-corrected chi connectivity index (χ1v) is 5.84. The lowest BCUT2D eigenvalue weighted by Gasteiger charge is -2.05. The van der Waals surface area contributed by atoms with Crippen LogP contribution in [0.25, 0.3) is 11.4 Å². The Balaban J connectivity index is 2.36. The Kier molecular flexibility index (Phi) is 3.33. The van der Waals surface area contributed by atoms with Crippen molar-refractivity contribution in [1.29, 1.82) is 0 Å². The zero-order valence-electron chi connectivity index (χ0n) is 9.86. The molecule has 0 saturated carbocycles. The summed E-state index contributed by atoms with van der Waals surface area (Å²) in [5, 5.41) is 7.01. The molecule has 0 radical (unpaired) electrons. The van der Waals surface area contributed by atoms with Gasteiger partial charge in [-0.2, -0.15) is 4.98 Å². The second kappa shape index (κ2) is 4.75. The van der Waals surface area contributed by atoms with Crippen LogP contribution < -0.4 is 9.64 Å². The number of hydrogen-bond donors (Lipinski definition) is 1. The standard InChI is InChI=1S/C11H13BrN4O/c1-16(2)11-13-10(14-15-11)7-4-5-9(17-3)8(12)6-7/h4-6H,1-3H3,(H,13,14,15). The quantitative estimate of drug-likeness (QED) is 0.944. The van der Waals surface area contributed by atoms with Gasteiger partial charge in [0.2, 0.25) is 5.95 Å². The maximum absolute atomic E-state index is 5.18. The van der Waals surface area contributed by atoms with E-state index in [2.05, 4.69) is 31.1 Å². The molecule has 1 aromatic carbocycles. The predicted octanol–water partition coefficient (Wildman–Crippen LogP) is 2.31.